The van der Waals surface area contributed by atoms with Gasteiger partial charge in [0.1, 0.15) is 17.3 Å². The Labute approximate surface area is 108 Å². The van der Waals surface area contributed by atoms with Crippen LogP contribution in [0.15, 0.2) is 0 Å². The van der Waals surface area contributed by atoms with Gasteiger partial charge in [0.15, 0.2) is 0 Å². The topological polar surface area (TPSA) is 60.0 Å². The zero-order chi connectivity index (χ0) is 13.4. The molecule has 98 valence electrons. The van der Waals surface area contributed by atoms with Crippen molar-refractivity contribution in [3.63, 3.8) is 0 Å². The van der Waals surface area contributed by atoms with Gasteiger partial charge >= 0.3 is 0 Å². The number of nitrogens with zero attached hydrogens (tertiary/aromatic N) is 4. The first-order valence-electron chi connectivity index (χ1n) is 6.16. The van der Waals surface area contributed by atoms with Crippen LogP contribution in [0.2, 0.25) is 0 Å². The van der Waals surface area contributed by atoms with Crippen molar-refractivity contribution < 1.29 is 0 Å². The van der Waals surface area contributed by atoms with Gasteiger partial charge < -0.3 is 15.2 Å². The molecule has 2 rings (SSSR count). The van der Waals surface area contributed by atoms with Gasteiger partial charge in [-0.2, -0.15) is 0 Å². The lowest BCUT2D eigenvalue weighted by Gasteiger charge is -2.12. The summed E-state index contributed by atoms with van der Waals surface area (Å²) in [6.45, 7) is 7.97. The first-order valence-corrected chi connectivity index (χ1v) is 6.16. The molecular weight excluding hydrogens is 226 g/mol. The SMILES string of the molecule is Cc1nc(N)c2c(C)c(C)n(CCN(C)C)c2n1. The Balaban J connectivity index is 2.61. The molecule has 0 saturated carbocycles. The van der Waals surface area contributed by atoms with Gasteiger partial charge in [0.2, 0.25) is 0 Å². The highest BCUT2D eigenvalue weighted by Gasteiger charge is 2.15. The average Bonchev–Trinajstić information content (AvgIpc) is 2.49. The van der Waals surface area contributed by atoms with E-state index < -0.39 is 0 Å². The second-order valence-corrected chi connectivity index (χ2v) is 5.02. The summed E-state index contributed by atoms with van der Waals surface area (Å²) in [5.74, 6) is 1.31. The molecule has 0 fully saturated rings. The van der Waals surface area contributed by atoms with E-state index >= 15 is 0 Å². The minimum atomic E-state index is 0.585. The molecule has 5 nitrogen and oxygen atoms in total. The Morgan fingerprint density at radius 2 is 1.83 bits per heavy atom. The van der Waals surface area contributed by atoms with Gasteiger partial charge in [0.05, 0.1) is 5.39 Å². The molecule has 0 spiro atoms. The van der Waals surface area contributed by atoms with E-state index in [1.807, 2.05) is 6.92 Å². The Morgan fingerprint density at radius 3 is 2.44 bits per heavy atom. The molecule has 0 aliphatic carbocycles. The van der Waals surface area contributed by atoms with Crippen LogP contribution in [0.5, 0.6) is 0 Å². The maximum atomic E-state index is 6.02. The van der Waals surface area contributed by atoms with E-state index in [0.717, 1.165) is 29.9 Å². The predicted molar refractivity (Wildman–Crippen MR) is 74.7 cm³/mol. The molecule has 18 heavy (non-hydrogen) atoms. The number of fused-ring (bicyclic) bond motifs is 1. The van der Waals surface area contributed by atoms with E-state index in [1.165, 1.54) is 11.3 Å². The molecule has 0 amide bonds. The molecule has 0 bridgehead atoms. The number of aromatic nitrogens is 3. The Kier molecular flexibility index (Phi) is 3.26. The number of aryl methyl sites for hydroxylation is 2. The minimum Gasteiger partial charge on any atom is -0.383 e. The summed E-state index contributed by atoms with van der Waals surface area (Å²) in [5.41, 5.74) is 9.38. The van der Waals surface area contributed by atoms with Gasteiger partial charge in [-0.1, -0.05) is 0 Å². The quantitative estimate of drug-likeness (QED) is 0.893. The fourth-order valence-electron chi connectivity index (χ4n) is 2.25. The van der Waals surface area contributed by atoms with Gasteiger partial charge in [-0.25, -0.2) is 9.97 Å². The molecule has 0 aliphatic heterocycles. The molecule has 2 aromatic rings. The second-order valence-electron chi connectivity index (χ2n) is 5.02. The van der Waals surface area contributed by atoms with Crippen LogP contribution in [0.3, 0.4) is 0 Å². The Bertz CT molecular complexity index is 583. The monoisotopic (exact) mass is 247 g/mol. The predicted octanol–water partition coefficient (Wildman–Crippen LogP) is 1.50. The first-order chi connectivity index (χ1) is 8.41. The number of nitrogens with two attached hydrogens (primary N) is 1. The number of nitrogen functional groups attached to an aromatic ring is 1. The molecule has 0 aromatic carbocycles. The molecule has 0 unspecified atom stereocenters. The van der Waals surface area contributed by atoms with Crippen molar-refractivity contribution >= 4 is 16.9 Å². The Morgan fingerprint density at radius 1 is 1.17 bits per heavy atom. The minimum absolute atomic E-state index is 0.585. The van der Waals surface area contributed by atoms with Crippen LogP contribution in [0.25, 0.3) is 11.0 Å². The lowest BCUT2D eigenvalue weighted by atomic mass is 10.2. The largest absolute Gasteiger partial charge is 0.383 e. The fraction of sp³-hybridized carbons (Fsp3) is 0.538. The fourth-order valence-corrected chi connectivity index (χ4v) is 2.25. The first kappa shape index (κ1) is 12.8. The van der Waals surface area contributed by atoms with Crippen LogP contribution < -0.4 is 5.73 Å². The van der Waals surface area contributed by atoms with Crippen molar-refractivity contribution in [3.8, 4) is 0 Å². The molecular formula is C13H21N5. The Hall–Kier alpha value is -1.62. The molecule has 5 heteroatoms. The molecule has 0 saturated heterocycles. The van der Waals surface area contributed by atoms with Gasteiger partial charge in [-0.05, 0) is 40.4 Å². The number of anilines is 1. The number of hydrogen-bond acceptors (Lipinski definition) is 4. The van der Waals surface area contributed by atoms with E-state index in [9.17, 15) is 0 Å². The third-order valence-electron chi connectivity index (χ3n) is 3.38. The summed E-state index contributed by atoms with van der Waals surface area (Å²) in [6, 6.07) is 0. The van der Waals surface area contributed by atoms with Crippen LogP contribution in [-0.4, -0.2) is 40.1 Å². The maximum Gasteiger partial charge on any atom is 0.146 e. The van der Waals surface area contributed by atoms with Crippen LogP contribution in [0, 0.1) is 20.8 Å². The lowest BCUT2D eigenvalue weighted by Crippen LogP contribution is -2.19. The average molecular weight is 247 g/mol. The third-order valence-corrected chi connectivity index (χ3v) is 3.38. The molecule has 0 atom stereocenters. The molecule has 0 aliphatic rings. The van der Waals surface area contributed by atoms with E-state index in [2.05, 4.69) is 47.4 Å². The summed E-state index contributed by atoms with van der Waals surface area (Å²) in [4.78, 5) is 11.0. The van der Waals surface area contributed by atoms with Crippen molar-refractivity contribution in [2.24, 2.45) is 0 Å². The summed E-state index contributed by atoms with van der Waals surface area (Å²) in [6.07, 6.45) is 0. The van der Waals surface area contributed by atoms with E-state index in [0.29, 0.717) is 5.82 Å². The number of likely N-dealkylation sites (N-methyl/N-ethyl adjacent to an activating group) is 1. The standard InChI is InChI=1S/C13H21N5/c1-8-9(2)18(7-6-17(4)5)13-11(8)12(14)15-10(3)16-13/h6-7H2,1-5H3,(H2,14,15,16). The van der Waals surface area contributed by atoms with Gasteiger partial charge in [-0.15, -0.1) is 0 Å². The molecule has 2 heterocycles. The van der Waals surface area contributed by atoms with Crippen molar-refractivity contribution in [1.29, 1.82) is 0 Å². The molecule has 2 N–H and O–H groups in total. The lowest BCUT2D eigenvalue weighted by molar-refractivity contribution is 0.384. The van der Waals surface area contributed by atoms with Crippen molar-refractivity contribution in [2.45, 2.75) is 27.3 Å². The van der Waals surface area contributed by atoms with Crippen LogP contribution in [0.4, 0.5) is 5.82 Å². The summed E-state index contributed by atoms with van der Waals surface area (Å²) in [5, 5.41) is 0.997. The van der Waals surface area contributed by atoms with Gasteiger partial charge in [-0.3, -0.25) is 0 Å². The summed E-state index contributed by atoms with van der Waals surface area (Å²) < 4.78 is 2.23. The van der Waals surface area contributed by atoms with Gasteiger partial charge in [0.25, 0.3) is 0 Å². The zero-order valence-corrected chi connectivity index (χ0v) is 11.8. The smallest absolute Gasteiger partial charge is 0.146 e. The molecule has 2 aromatic heterocycles. The van der Waals surface area contributed by atoms with E-state index in [-0.39, 0.29) is 0 Å². The van der Waals surface area contributed by atoms with Crippen LogP contribution >= 0.6 is 0 Å². The summed E-state index contributed by atoms with van der Waals surface area (Å²) >= 11 is 0. The van der Waals surface area contributed by atoms with Gasteiger partial charge in [0, 0.05) is 18.8 Å². The van der Waals surface area contributed by atoms with E-state index in [1.54, 1.807) is 0 Å². The zero-order valence-electron chi connectivity index (χ0n) is 11.8. The maximum absolute atomic E-state index is 6.02. The second kappa shape index (κ2) is 4.57. The highest BCUT2D eigenvalue weighted by molar-refractivity contribution is 5.91. The van der Waals surface area contributed by atoms with E-state index in [4.69, 9.17) is 5.73 Å². The number of hydrogen-bond donors (Lipinski definition) is 1. The van der Waals surface area contributed by atoms with Crippen molar-refractivity contribution in [1.82, 2.24) is 19.4 Å². The number of rotatable bonds is 3. The highest BCUT2D eigenvalue weighted by atomic mass is 15.1. The molecule has 0 radical (unpaired) electrons. The van der Waals surface area contributed by atoms with Crippen molar-refractivity contribution in [2.75, 3.05) is 26.4 Å². The van der Waals surface area contributed by atoms with Crippen molar-refractivity contribution in [3.05, 3.63) is 17.1 Å². The van der Waals surface area contributed by atoms with Crippen LogP contribution in [0.1, 0.15) is 17.1 Å². The normalized spacial score (nSPS) is 11.7. The van der Waals surface area contributed by atoms with Crippen LogP contribution in [-0.2, 0) is 6.54 Å². The summed E-state index contributed by atoms with van der Waals surface area (Å²) in [7, 11) is 4.14. The third kappa shape index (κ3) is 2.06. The highest BCUT2D eigenvalue weighted by Crippen LogP contribution is 2.27.